The van der Waals surface area contributed by atoms with Crippen molar-refractivity contribution in [3.63, 3.8) is 0 Å². The molecule has 8 nitrogen and oxygen atoms in total. The lowest BCUT2D eigenvalue weighted by atomic mass is 9.91. The smallest absolute Gasteiger partial charge is 0.345 e. The molecule has 1 saturated carbocycles. The Bertz CT molecular complexity index is 1030. The third-order valence-electron chi connectivity index (χ3n) is 5.51. The van der Waals surface area contributed by atoms with Gasteiger partial charge in [0.05, 0.1) is 18.0 Å². The molecule has 2 aromatic rings. The first kappa shape index (κ1) is 22.7. The summed E-state index contributed by atoms with van der Waals surface area (Å²) in [7, 11) is 0. The molecule has 0 saturated heterocycles. The van der Waals surface area contributed by atoms with E-state index < -0.39 is 12.2 Å². The number of aromatic nitrogens is 3. The van der Waals surface area contributed by atoms with Gasteiger partial charge in [0.15, 0.2) is 5.17 Å². The number of hydrogen-bond donors (Lipinski definition) is 2. The van der Waals surface area contributed by atoms with Crippen molar-refractivity contribution >= 4 is 28.5 Å². The highest BCUT2D eigenvalue weighted by atomic mass is 32.2. The molecule has 1 fully saturated rings. The van der Waals surface area contributed by atoms with Crippen molar-refractivity contribution in [2.45, 2.75) is 57.1 Å². The van der Waals surface area contributed by atoms with Crippen molar-refractivity contribution < 1.29 is 18.3 Å². The van der Waals surface area contributed by atoms with Gasteiger partial charge >= 0.3 is 6.61 Å². The molecule has 1 aliphatic heterocycles. The number of hydrogen-bond acceptors (Lipinski definition) is 7. The number of anilines is 1. The number of nitrogens with two attached hydrogens (primary N) is 1. The lowest BCUT2D eigenvalue weighted by molar-refractivity contribution is -0.128. The van der Waals surface area contributed by atoms with Crippen LogP contribution in [0.3, 0.4) is 0 Å². The van der Waals surface area contributed by atoms with Gasteiger partial charge in [0.1, 0.15) is 11.2 Å². The summed E-state index contributed by atoms with van der Waals surface area (Å²) < 4.78 is 31.2. The van der Waals surface area contributed by atoms with Crippen molar-refractivity contribution in [2.75, 3.05) is 11.9 Å². The zero-order chi connectivity index (χ0) is 22.9. The van der Waals surface area contributed by atoms with Crippen LogP contribution >= 0.6 is 11.8 Å². The van der Waals surface area contributed by atoms with E-state index in [9.17, 15) is 13.6 Å². The second-order valence-corrected chi connectivity index (χ2v) is 9.76. The summed E-state index contributed by atoms with van der Waals surface area (Å²) in [6.07, 6.45) is 4.33. The largest absolute Gasteiger partial charge is 0.379 e. The Morgan fingerprint density at radius 1 is 1.44 bits per heavy atom. The minimum absolute atomic E-state index is 0.144. The Kier molecular flexibility index (Phi) is 6.47. The number of amidine groups is 1. The molecule has 0 unspecified atom stereocenters. The number of aliphatic imine (C=N–C) groups is 1. The molecule has 0 spiro atoms. The Morgan fingerprint density at radius 3 is 2.94 bits per heavy atom. The van der Waals surface area contributed by atoms with Crippen LogP contribution < -0.4 is 11.1 Å². The Morgan fingerprint density at radius 2 is 2.22 bits per heavy atom. The maximum absolute atomic E-state index is 12.9. The molecule has 32 heavy (non-hydrogen) atoms. The molecule has 0 radical (unpaired) electrons. The fourth-order valence-electron chi connectivity index (χ4n) is 3.82. The summed E-state index contributed by atoms with van der Waals surface area (Å²) in [5.74, 6) is 0.335. The summed E-state index contributed by atoms with van der Waals surface area (Å²) >= 11 is 1.21. The topological polar surface area (TPSA) is 107 Å². The number of carbonyl (C=O) groups excluding carboxylic acids is 1. The predicted molar refractivity (Wildman–Crippen MR) is 119 cm³/mol. The van der Waals surface area contributed by atoms with Crippen LogP contribution in [0.15, 0.2) is 29.4 Å². The SMILES string of the molecule is Cc1cc(C(=O)Nc2ccnc([C@]3(C)C[C@@H](COC(F)F)SC(N)=N3)c2)n(CC2CC2)n1. The van der Waals surface area contributed by atoms with Gasteiger partial charge in [-0.1, -0.05) is 11.8 Å². The number of ether oxygens (including phenoxy) is 1. The lowest BCUT2D eigenvalue weighted by Crippen LogP contribution is -2.36. The van der Waals surface area contributed by atoms with Crippen LogP contribution in [0.4, 0.5) is 14.5 Å². The van der Waals surface area contributed by atoms with Crippen molar-refractivity contribution in [2.24, 2.45) is 16.6 Å². The number of nitrogens with zero attached hydrogens (tertiary/aromatic N) is 4. The fraction of sp³-hybridized carbons (Fsp3) is 0.524. The average molecular weight is 465 g/mol. The highest BCUT2D eigenvalue weighted by Gasteiger charge is 2.36. The van der Waals surface area contributed by atoms with Crippen molar-refractivity contribution in [1.82, 2.24) is 14.8 Å². The van der Waals surface area contributed by atoms with Gasteiger partial charge in [0, 0.05) is 23.7 Å². The standard InChI is InChI=1S/C21H26F2N6O2S/c1-12-7-16(29(28-12)10-13-3-4-13)18(30)26-14-5-6-25-17(8-14)21(2)9-15(11-31-19(22)23)32-20(24)27-21/h5-8,13,15,19H,3-4,9-11H2,1-2H3,(H2,24,27)(H,25,26,30)/t15-,21-/m0/s1. The number of halogens is 2. The van der Waals surface area contributed by atoms with E-state index in [0.29, 0.717) is 29.4 Å². The number of thioether (sulfide) groups is 1. The molecular weight excluding hydrogens is 438 g/mol. The van der Waals surface area contributed by atoms with Crippen molar-refractivity contribution in [1.29, 1.82) is 0 Å². The van der Waals surface area contributed by atoms with E-state index >= 15 is 0 Å². The van der Waals surface area contributed by atoms with E-state index in [0.717, 1.165) is 25.1 Å². The van der Waals surface area contributed by atoms with Crippen LogP contribution in [0.5, 0.6) is 0 Å². The molecule has 1 aliphatic carbocycles. The average Bonchev–Trinajstić information content (AvgIpc) is 3.46. The highest BCUT2D eigenvalue weighted by molar-refractivity contribution is 8.14. The van der Waals surface area contributed by atoms with Crippen LogP contribution in [-0.4, -0.2) is 44.3 Å². The highest BCUT2D eigenvalue weighted by Crippen LogP contribution is 2.39. The van der Waals surface area contributed by atoms with E-state index in [1.807, 2.05) is 13.8 Å². The third-order valence-corrected chi connectivity index (χ3v) is 6.48. The van der Waals surface area contributed by atoms with Gasteiger partial charge in [0.25, 0.3) is 5.91 Å². The molecule has 0 aromatic carbocycles. The molecule has 2 aliphatic rings. The summed E-state index contributed by atoms with van der Waals surface area (Å²) in [5, 5.41) is 7.37. The normalized spacial score (nSPS) is 23.3. The first-order chi connectivity index (χ1) is 15.2. The summed E-state index contributed by atoms with van der Waals surface area (Å²) in [4.78, 5) is 21.9. The molecule has 3 N–H and O–H groups in total. The summed E-state index contributed by atoms with van der Waals surface area (Å²) in [6.45, 7) is 1.47. The zero-order valence-corrected chi connectivity index (χ0v) is 18.7. The number of amides is 1. The van der Waals surface area contributed by atoms with Crippen molar-refractivity contribution in [3.8, 4) is 0 Å². The lowest BCUT2D eigenvalue weighted by Gasteiger charge is -2.33. The third kappa shape index (κ3) is 5.44. The molecule has 0 bridgehead atoms. The molecule has 172 valence electrons. The van der Waals surface area contributed by atoms with Gasteiger partial charge in [-0.3, -0.25) is 14.5 Å². The number of aryl methyl sites for hydroxylation is 1. The van der Waals surface area contributed by atoms with Crippen LogP contribution in [0, 0.1) is 12.8 Å². The second-order valence-electron chi connectivity index (χ2n) is 8.44. The monoisotopic (exact) mass is 464 g/mol. The molecule has 1 amide bonds. The second kappa shape index (κ2) is 9.14. The first-order valence-corrected chi connectivity index (χ1v) is 11.3. The van der Waals surface area contributed by atoms with E-state index in [-0.39, 0.29) is 22.9 Å². The minimum atomic E-state index is -2.84. The Balaban J connectivity index is 1.51. The van der Waals surface area contributed by atoms with Crippen LogP contribution in [0.2, 0.25) is 0 Å². The van der Waals surface area contributed by atoms with E-state index in [1.54, 1.807) is 29.1 Å². The minimum Gasteiger partial charge on any atom is -0.379 e. The maximum Gasteiger partial charge on any atom is 0.345 e. The van der Waals surface area contributed by atoms with Crippen molar-refractivity contribution in [3.05, 3.63) is 41.5 Å². The quantitative estimate of drug-likeness (QED) is 0.619. The Labute approximate surface area is 189 Å². The number of alkyl halides is 2. The summed E-state index contributed by atoms with van der Waals surface area (Å²) in [5.41, 5.74) is 7.60. The van der Waals surface area contributed by atoms with Gasteiger partial charge in [-0.2, -0.15) is 13.9 Å². The van der Waals surface area contributed by atoms with Gasteiger partial charge in [-0.25, -0.2) is 4.99 Å². The number of carbonyl (C=O) groups is 1. The van der Waals surface area contributed by atoms with E-state index in [4.69, 9.17) is 5.73 Å². The maximum atomic E-state index is 12.9. The molecule has 4 rings (SSSR count). The molecule has 2 atom stereocenters. The molecule has 11 heteroatoms. The van der Waals surface area contributed by atoms with E-state index in [1.165, 1.54) is 11.8 Å². The molecule has 3 heterocycles. The number of nitrogens with one attached hydrogen (secondary N) is 1. The molecule has 2 aromatic heterocycles. The fourth-order valence-corrected chi connectivity index (χ4v) is 4.97. The van der Waals surface area contributed by atoms with E-state index in [2.05, 4.69) is 25.1 Å². The summed E-state index contributed by atoms with van der Waals surface area (Å²) in [6, 6.07) is 5.21. The van der Waals surface area contributed by atoms with Gasteiger partial charge < -0.3 is 15.8 Å². The van der Waals surface area contributed by atoms with Gasteiger partial charge in [0.2, 0.25) is 0 Å². The number of rotatable bonds is 8. The van der Waals surface area contributed by atoms with Crippen LogP contribution in [0.1, 0.15) is 48.1 Å². The van der Waals surface area contributed by atoms with Crippen LogP contribution in [0.25, 0.3) is 0 Å². The number of pyridine rings is 1. The first-order valence-electron chi connectivity index (χ1n) is 10.5. The predicted octanol–water partition coefficient (Wildman–Crippen LogP) is 3.52. The van der Waals surface area contributed by atoms with Crippen LogP contribution in [-0.2, 0) is 16.8 Å². The Hall–Kier alpha value is -2.53. The van der Waals surface area contributed by atoms with Gasteiger partial charge in [-0.05, 0) is 57.2 Å². The molecular formula is C21H26F2N6O2S. The zero-order valence-electron chi connectivity index (χ0n) is 17.9. The van der Waals surface area contributed by atoms with Gasteiger partial charge in [-0.15, -0.1) is 0 Å².